The number of halogens is 1. The molecule has 0 saturated heterocycles. The molecule has 0 heterocycles. The normalized spacial score (nSPS) is 17.5. The van der Waals surface area contributed by atoms with Crippen molar-refractivity contribution in [1.29, 1.82) is 0 Å². The number of aromatic hydroxyl groups is 1. The molecule has 3 nitrogen and oxygen atoms in total. The van der Waals surface area contributed by atoms with Gasteiger partial charge in [0.25, 0.3) is 0 Å². The van der Waals surface area contributed by atoms with Crippen LogP contribution < -0.4 is 10.5 Å². The second-order valence-electron chi connectivity index (χ2n) is 4.50. The molecule has 1 aliphatic carbocycles. The van der Waals surface area contributed by atoms with Crippen LogP contribution in [0.4, 0.5) is 0 Å². The van der Waals surface area contributed by atoms with Crippen molar-refractivity contribution in [3.63, 3.8) is 0 Å². The van der Waals surface area contributed by atoms with Gasteiger partial charge in [-0.15, -0.1) is 12.4 Å². The molecule has 3 N–H and O–H groups in total. The maximum atomic E-state index is 9.39. The van der Waals surface area contributed by atoms with Gasteiger partial charge in [0, 0.05) is 17.7 Å². The second kappa shape index (κ2) is 6.12. The molecule has 4 heteroatoms. The van der Waals surface area contributed by atoms with Crippen LogP contribution in [0.3, 0.4) is 0 Å². The Balaban J connectivity index is 0.00000144. The largest absolute Gasteiger partial charge is 0.508 e. The highest BCUT2D eigenvalue weighted by atomic mass is 35.5. The van der Waals surface area contributed by atoms with E-state index in [0.29, 0.717) is 11.7 Å². The fourth-order valence-electron chi connectivity index (χ4n) is 2.55. The zero-order valence-electron chi connectivity index (χ0n) is 10.1. The Kier molecular flexibility index (Phi) is 5.09. The molecule has 0 aliphatic heterocycles. The monoisotopic (exact) mass is 257 g/mol. The average molecular weight is 258 g/mol. The predicted molar refractivity (Wildman–Crippen MR) is 70.8 cm³/mol. The minimum Gasteiger partial charge on any atom is -0.508 e. The predicted octanol–water partition coefficient (Wildman–Crippen LogP) is 3.01. The van der Waals surface area contributed by atoms with E-state index in [4.69, 9.17) is 10.5 Å². The number of phenols is 1. The van der Waals surface area contributed by atoms with Crippen LogP contribution in [-0.4, -0.2) is 12.2 Å². The first-order valence-corrected chi connectivity index (χ1v) is 5.85. The maximum Gasteiger partial charge on any atom is 0.127 e. The van der Waals surface area contributed by atoms with Crippen molar-refractivity contribution in [2.45, 2.75) is 31.7 Å². The SMILES string of the molecule is COc1cc(O)ccc1[C@H](N)C1CCCC1.Cl. The molecule has 0 bridgehead atoms. The highest BCUT2D eigenvalue weighted by molar-refractivity contribution is 5.85. The van der Waals surface area contributed by atoms with Gasteiger partial charge in [0.2, 0.25) is 0 Å². The Hall–Kier alpha value is -0.930. The Morgan fingerprint density at radius 3 is 2.59 bits per heavy atom. The van der Waals surface area contributed by atoms with Crippen molar-refractivity contribution in [2.24, 2.45) is 11.7 Å². The Morgan fingerprint density at radius 2 is 2.00 bits per heavy atom. The summed E-state index contributed by atoms with van der Waals surface area (Å²) in [5.41, 5.74) is 7.27. The maximum absolute atomic E-state index is 9.39. The number of phenolic OH excluding ortho intramolecular Hbond substituents is 1. The number of ether oxygens (including phenoxy) is 1. The van der Waals surface area contributed by atoms with E-state index in [-0.39, 0.29) is 24.2 Å². The second-order valence-corrected chi connectivity index (χ2v) is 4.50. The highest BCUT2D eigenvalue weighted by Gasteiger charge is 2.25. The molecule has 0 spiro atoms. The number of hydrogen-bond donors (Lipinski definition) is 2. The van der Waals surface area contributed by atoms with Gasteiger partial charge in [-0.3, -0.25) is 0 Å². The van der Waals surface area contributed by atoms with Crippen LogP contribution >= 0.6 is 12.4 Å². The first-order valence-electron chi connectivity index (χ1n) is 5.85. The van der Waals surface area contributed by atoms with Crippen molar-refractivity contribution in [1.82, 2.24) is 0 Å². The number of nitrogens with two attached hydrogens (primary N) is 1. The van der Waals surface area contributed by atoms with Crippen LogP contribution in [0.2, 0.25) is 0 Å². The standard InChI is InChI=1S/C13H19NO2.ClH/c1-16-12-8-10(15)6-7-11(12)13(14)9-4-2-3-5-9;/h6-9,13,15H,2-5,14H2,1H3;1H/t13-;/m1./s1. The minimum atomic E-state index is 0. The minimum absolute atomic E-state index is 0. The molecule has 0 amide bonds. The molecular formula is C13H20ClNO2. The third-order valence-electron chi connectivity index (χ3n) is 3.48. The molecule has 1 aliphatic rings. The summed E-state index contributed by atoms with van der Waals surface area (Å²) in [4.78, 5) is 0. The van der Waals surface area contributed by atoms with Gasteiger partial charge in [-0.1, -0.05) is 18.9 Å². The van der Waals surface area contributed by atoms with Crippen LogP contribution in [0.25, 0.3) is 0 Å². The Morgan fingerprint density at radius 1 is 1.35 bits per heavy atom. The average Bonchev–Trinajstić information content (AvgIpc) is 2.81. The molecule has 1 aromatic carbocycles. The summed E-state index contributed by atoms with van der Waals surface area (Å²) < 4.78 is 5.27. The molecule has 0 radical (unpaired) electrons. The molecule has 2 rings (SSSR count). The summed E-state index contributed by atoms with van der Waals surface area (Å²) in [6.45, 7) is 0. The van der Waals surface area contributed by atoms with Crippen molar-refractivity contribution >= 4 is 12.4 Å². The molecule has 96 valence electrons. The summed E-state index contributed by atoms with van der Waals surface area (Å²) in [6, 6.07) is 5.20. The topological polar surface area (TPSA) is 55.5 Å². The first kappa shape index (κ1) is 14.1. The number of hydrogen-bond acceptors (Lipinski definition) is 3. The van der Waals surface area contributed by atoms with Crippen LogP contribution in [0.1, 0.15) is 37.3 Å². The highest BCUT2D eigenvalue weighted by Crippen LogP contribution is 2.38. The van der Waals surface area contributed by atoms with Crippen molar-refractivity contribution < 1.29 is 9.84 Å². The van der Waals surface area contributed by atoms with Gasteiger partial charge in [-0.05, 0) is 24.8 Å². The molecule has 17 heavy (non-hydrogen) atoms. The summed E-state index contributed by atoms with van der Waals surface area (Å²) >= 11 is 0. The fourth-order valence-corrected chi connectivity index (χ4v) is 2.55. The molecular weight excluding hydrogens is 238 g/mol. The molecule has 1 fully saturated rings. The van der Waals surface area contributed by atoms with E-state index >= 15 is 0 Å². The molecule has 1 saturated carbocycles. The van der Waals surface area contributed by atoms with Gasteiger partial charge in [0.15, 0.2) is 0 Å². The van der Waals surface area contributed by atoms with Gasteiger partial charge in [0.05, 0.1) is 7.11 Å². The van der Waals surface area contributed by atoms with E-state index in [1.54, 1.807) is 19.2 Å². The molecule has 0 unspecified atom stereocenters. The summed E-state index contributed by atoms with van der Waals surface area (Å²) in [5.74, 6) is 1.47. The number of benzene rings is 1. The molecule has 1 aromatic rings. The van der Waals surface area contributed by atoms with E-state index in [2.05, 4.69) is 0 Å². The van der Waals surface area contributed by atoms with Crippen LogP contribution in [0.5, 0.6) is 11.5 Å². The van der Waals surface area contributed by atoms with E-state index in [9.17, 15) is 5.11 Å². The first-order chi connectivity index (χ1) is 7.72. The third-order valence-corrected chi connectivity index (χ3v) is 3.48. The van der Waals surface area contributed by atoms with Gasteiger partial charge in [0.1, 0.15) is 11.5 Å². The fraction of sp³-hybridized carbons (Fsp3) is 0.538. The lowest BCUT2D eigenvalue weighted by Crippen LogP contribution is -2.19. The lowest BCUT2D eigenvalue weighted by atomic mass is 9.92. The zero-order valence-corrected chi connectivity index (χ0v) is 10.9. The van der Waals surface area contributed by atoms with Gasteiger partial charge < -0.3 is 15.6 Å². The molecule has 1 atom stereocenters. The van der Waals surface area contributed by atoms with Gasteiger partial charge >= 0.3 is 0 Å². The van der Waals surface area contributed by atoms with Crippen molar-refractivity contribution in [3.8, 4) is 11.5 Å². The summed E-state index contributed by atoms with van der Waals surface area (Å²) in [6.07, 6.45) is 4.95. The lowest BCUT2D eigenvalue weighted by molar-refractivity contribution is 0.380. The third kappa shape index (κ3) is 3.05. The van der Waals surface area contributed by atoms with Crippen molar-refractivity contribution in [2.75, 3.05) is 7.11 Å². The van der Waals surface area contributed by atoms with E-state index in [0.717, 1.165) is 5.56 Å². The van der Waals surface area contributed by atoms with E-state index < -0.39 is 0 Å². The smallest absolute Gasteiger partial charge is 0.127 e. The summed E-state index contributed by atoms with van der Waals surface area (Å²) in [7, 11) is 1.61. The zero-order chi connectivity index (χ0) is 11.5. The summed E-state index contributed by atoms with van der Waals surface area (Å²) in [5, 5.41) is 9.39. The quantitative estimate of drug-likeness (QED) is 0.875. The van der Waals surface area contributed by atoms with E-state index in [1.807, 2.05) is 6.07 Å². The van der Waals surface area contributed by atoms with Crippen LogP contribution in [0.15, 0.2) is 18.2 Å². The van der Waals surface area contributed by atoms with Crippen LogP contribution in [0, 0.1) is 5.92 Å². The Bertz CT molecular complexity index is 364. The van der Waals surface area contributed by atoms with Crippen molar-refractivity contribution in [3.05, 3.63) is 23.8 Å². The Labute approximate surface area is 108 Å². The van der Waals surface area contributed by atoms with Gasteiger partial charge in [-0.25, -0.2) is 0 Å². The number of rotatable bonds is 3. The lowest BCUT2D eigenvalue weighted by Gasteiger charge is -2.21. The van der Waals surface area contributed by atoms with Crippen LogP contribution in [-0.2, 0) is 0 Å². The molecule has 0 aromatic heterocycles. The van der Waals surface area contributed by atoms with Gasteiger partial charge in [-0.2, -0.15) is 0 Å². The van der Waals surface area contributed by atoms with E-state index in [1.165, 1.54) is 25.7 Å². The number of methoxy groups -OCH3 is 1.